The first-order chi connectivity index (χ1) is 16.2. The average molecular weight is 492 g/mol. The highest BCUT2D eigenvalue weighted by Gasteiger charge is 2.58. The summed E-state index contributed by atoms with van der Waals surface area (Å²) in [5.74, 6) is -5.20. The molecule has 9 heteroatoms. The highest BCUT2D eigenvalue weighted by molar-refractivity contribution is 6.14. The maximum Gasteiger partial charge on any atom is 0.344 e. The van der Waals surface area contributed by atoms with E-state index in [2.05, 4.69) is 0 Å². The molecule has 0 aliphatic carbocycles. The van der Waals surface area contributed by atoms with Gasteiger partial charge in [-0.05, 0) is 42.6 Å². The van der Waals surface area contributed by atoms with E-state index in [9.17, 15) is 24.3 Å². The quantitative estimate of drug-likeness (QED) is 0.281. The Balaban J connectivity index is 3.63. The van der Waals surface area contributed by atoms with Gasteiger partial charge >= 0.3 is 11.9 Å². The molecule has 1 rings (SSSR count). The first-order valence-electron chi connectivity index (χ1n) is 12.1. The molecule has 9 nitrogen and oxygen atoms in total. The maximum atomic E-state index is 13.6. The molecule has 0 aliphatic heterocycles. The summed E-state index contributed by atoms with van der Waals surface area (Å²) >= 11 is 0. The molecule has 196 valence electrons. The van der Waals surface area contributed by atoms with Crippen molar-refractivity contribution < 1.29 is 29.0 Å². The molecule has 0 aliphatic rings. The van der Waals surface area contributed by atoms with Crippen LogP contribution in [0.25, 0.3) is 0 Å². The van der Waals surface area contributed by atoms with Gasteiger partial charge in [-0.25, -0.2) is 9.59 Å². The van der Waals surface area contributed by atoms with Gasteiger partial charge in [0.25, 0.3) is 0 Å². The van der Waals surface area contributed by atoms with Crippen LogP contribution in [-0.4, -0.2) is 51.4 Å². The fraction of sp³-hybridized carbons (Fsp3) is 0.615. The van der Waals surface area contributed by atoms with Gasteiger partial charge in [0.2, 0.25) is 17.4 Å². The normalized spacial score (nSPS) is 14.9. The van der Waals surface area contributed by atoms with Crippen LogP contribution in [0.5, 0.6) is 0 Å². The molecule has 5 N–H and O–H groups in total. The predicted octanol–water partition coefficient (Wildman–Crippen LogP) is 2.70. The summed E-state index contributed by atoms with van der Waals surface area (Å²) < 4.78 is 5.41. The second kappa shape index (κ2) is 13.3. The number of aliphatic carboxylic acids is 1. The van der Waals surface area contributed by atoms with E-state index in [1.165, 1.54) is 0 Å². The number of ether oxygens (including phenoxy) is 1. The number of rotatable bonds is 13. The van der Waals surface area contributed by atoms with Crippen LogP contribution < -0.4 is 11.5 Å². The smallest absolute Gasteiger partial charge is 0.344 e. The van der Waals surface area contributed by atoms with Crippen LogP contribution in [0.1, 0.15) is 66.4 Å². The third-order valence-corrected chi connectivity index (χ3v) is 5.52. The summed E-state index contributed by atoms with van der Waals surface area (Å²) in [6, 6.07) is 6.31. The second-order valence-electron chi connectivity index (χ2n) is 10.3. The number of carbonyl (C=O) groups excluding carboxylic acids is 3. The number of amides is 2. The summed E-state index contributed by atoms with van der Waals surface area (Å²) in [4.78, 5) is 54.0. The topological polar surface area (TPSA) is 153 Å². The van der Waals surface area contributed by atoms with Crippen LogP contribution in [0.15, 0.2) is 30.3 Å². The molecule has 3 unspecified atom stereocenters. The second-order valence-corrected chi connectivity index (χ2v) is 10.3. The Hall–Kier alpha value is -2.78. The minimum Gasteiger partial charge on any atom is -0.479 e. The molecule has 0 bridgehead atoms. The van der Waals surface area contributed by atoms with Crippen LogP contribution in [0.2, 0.25) is 0 Å². The van der Waals surface area contributed by atoms with Gasteiger partial charge in [-0.1, -0.05) is 71.9 Å². The van der Waals surface area contributed by atoms with Crippen molar-refractivity contribution in [3.63, 3.8) is 0 Å². The van der Waals surface area contributed by atoms with Crippen molar-refractivity contribution in [3.05, 3.63) is 35.9 Å². The average Bonchev–Trinajstić information content (AvgIpc) is 2.75. The fourth-order valence-corrected chi connectivity index (χ4v) is 4.00. The number of hydrogen-bond donors (Lipinski definition) is 3. The van der Waals surface area contributed by atoms with Gasteiger partial charge < -0.3 is 21.3 Å². The zero-order chi connectivity index (χ0) is 26.9. The molecule has 0 fully saturated rings. The van der Waals surface area contributed by atoms with Crippen molar-refractivity contribution in [2.24, 2.45) is 29.2 Å². The molecule has 3 atom stereocenters. The number of esters is 1. The van der Waals surface area contributed by atoms with Crippen molar-refractivity contribution in [3.8, 4) is 0 Å². The standard InChI is InChI=1S/C26H41N3O6/c1-16(2)12-20(27)22(30)29(23(31)21(28)13-17(3)4)26(24(32)33,14-18(5)6)25(34)35-15-19-10-8-7-9-11-19/h7-11,16-18,20-21H,12-15,27-28H2,1-6H3,(H,32,33). The summed E-state index contributed by atoms with van der Waals surface area (Å²) in [6.07, 6.45) is 0.0349. The van der Waals surface area contributed by atoms with Crippen molar-refractivity contribution in [2.75, 3.05) is 0 Å². The Labute approximate surface area is 208 Å². The third kappa shape index (κ3) is 8.14. The van der Waals surface area contributed by atoms with Crippen molar-refractivity contribution >= 4 is 23.8 Å². The zero-order valence-corrected chi connectivity index (χ0v) is 21.7. The molecule has 2 amide bonds. The van der Waals surface area contributed by atoms with E-state index in [-0.39, 0.29) is 43.6 Å². The van der Waals surface area contributed by atoms with E-state index in [1.54, 1.807) is 44.2 Å². The highest BCUT2D eigenvalue weighted by Crippen LogP contribution is 2.30. The van der Waals surface area contributed by atoms with Crippen molar-refractivity contribution in [1.29, 1.82) is 0 Å². The number of nitrogens with zero attached hydrogens (tertiary/aromatic N) is 1. The van der Waals surface area contributed by atoms with E-state index in [0.29, 0.717) is 10.5 Å². The summed E-state index contributed by atoms with van der Waals surface area (Å²) in [6.45, 7) is 10.5. The fourth-order valence-electron chi connectivity index (χ4n) is 4.00. The summed E-state index contributed by atoms with van der Waals surface area (Å²) in [5, 5.41) is 10.4. The van der Waals surface area contributed by atoms with E-state index < -0.39 is 41.4 Å². The van der Waals surface area contributed by atoms with Gasteiger partial charge in [0.05, 0.1) is 12.1 Å². The number of benzene rings is 1. The van der Waals surface area contributed by atoms with Crippen LogP contribution >= 0.6 is 0 Å². The largest absolute Gasteiger partial charge is 0.479 e. The number of carboxylic acids is 1. The molecule has 0 heterocycles. The lowest BCUT2D eigenvalue weighted by Crippen LogP contribution is -2.69. The SMILES string of the molecule is CC(C)CC(N)C(=O)N(C(=O)C(N)CC(C)C)C(CC(C)C)(C(=O)O)C(=O)OCc1ccccc1. The summed E-state index contributed by atoms with van der Waals surface area (Å²) in [5.41, 5.74) is 10.3. The molecule has 1 aromatic carbocycles. The predicted molar refractivity (Wildman–Crippen MR) is 133 cm³/mol. The first kappa shape index (κ1) is 30.3. The molecular formula is C26H41N3O6. The number of carboxylic acid groups (broad SMARTS) is 1. The Morgan fingerprint density at radius 1 is 0.857 bits per heavy atom. The number of carbonyl (C=O) groups is 4. The first-order valence-corrected chi connectivity index (χ1v) is 12.1. The van der Waals surface area contributed by atoms with E-state index in [4.69, 9.17) is 16.2 Å². The third-order valence-electron chi connectivity index (χ3n) is 5.52. The molecule has 0 aromatic heterocycles. The Kier molecular flexibility index (Phi) is 11.5. The van der Waals surface area contributed by atoms with Crippen LogP contribution in [-0.2, 0) is 30.5 Å². The Bertz CT molecular complexity index is 843. The summed E-state index contributed by atoms with van der Waals surface area (Å²) in [7, 11) is 0. The van der Waals surface area contributed by atoms with Gasteiger partial charge in [0.1, 0.15) is 6.61 Å². The molecular weight excluding hydrogens is 450 g/mol. The van der Waals surface area contributed by atoms with Crippen LogP contribution in [0.4, 0.5) is 0 Å². The lowest BCUT2D eigenvalue weighted by Gasteiger charge is -2.40. The minimum absolute atomic E-state index is 0.00963. The van der Waals surface area contributed by atoms with Gasteiger partial charge in [-0.2, -0.15) is 0 Å². The van der Waals surface area contributed by atoms with Crippen molar-refractivity contribution in [2.45, 2.75) is 85.0 Å². The highest BCUT2D eigenvalue weighted by atomic mass is 16.5. The lowest BCUT2D eigenvalue weighted by molar-refractivity contribution is -0.183. The molecule has 0 saturated carbocycles. The number of imide groups is 1. The van der Waals surface area contributed by atoms with Crippen molar-refractivity contribution in [1.82, 2.24) is 4.90 Å². The van der Waals surface area contributed by atoms with Gasteiger partial charge in [-0.3, -0.25) is 14.5 Å². The van der Waals surface area contributed by atoms with Gasteiger partial charge in [0.15, 0.2) is 0 Å². The molecule has 0 saturated heterocycles. The Morgan fingerprint density at radius 3 is 1.69 bits per heavy atom. The van der Waals surface area contributed by atoms with E-state index in [0.717, 1.165) is 0 Å². The monoisotopic (exact) mass is 491 g/mol. The maximum absolute atomic E-state index is 13.6. The van der Waals surface area contributed by atoms with Gasteiger partial charge in [0, 0.05) is 0 Å². The molecule has 0 spiro atoms. The number of nitrogens with two attached hydrogens (primary N) is 2. The van der Waals surface area contributed by atoms with Gasteiger partial charge in [-0.15, -0.1) is 0 Å². The van der Waals surface area contributed by atoms with Crippen LogP contribution in [0.3, 0.4) is 0 Å². The van der Waals surface area contributed by atoms with Crippen LogP contribution in [0, 0.1) is 17.8 Å². The number of hydrogen-bond acceptors (Lipinski definition) is 7. The molecule has 35 heavy (non-hydrogen) atoms. The lowest BCUT2D eigenvalue weighted by atomic mass is 9.84. The molecule has 1 aromatic rings. The zero-order valence-electron chi connectivity index (χ0n) is 21.7. The molecule has 0 radical (unpaired) electrons. The Morgan fingerprint density at radius 2 is 1.31 bits per heavy atom. The minimum atomic E-state index is -2.61. The van der Waals surface area contributed by atoms with E-state index >= 15 is 0 Å². The van der Waals surface area contributed by atoms with E-state index in [1.807, 2.05) is 27.7 Å².